The summed E-state index contributed by atoms with van der Waals surface area (Å²) in [4.78, 5) is 34.7. The van der Waals surface area contributed by atoms with Crippen molar-refractivity contribution in [3.8, 4) is 11.5 Å². The lowest BCUT2D eigenvalue weighted by Crippen LogP contribution is -2.56. The molecule has 9 heteroatoms. The predicted octanol–water partition coefficient (Wildman–Crippen LogP) is 0.820. The van der Waals surface area contributed by atoms with Gasteiger partial charge in [-0.25, -0.2) is 4.98 Å². The van der Waals surface area contributed by atoms with Gasteiger partial charge in [0.2, 0.25) is 5.91 Å². The van der Waals surface area contributed by atoms with Gasteiger partial charge in [-0.05, 0) is 31.0 Å². The van der Waals surface area contributed by atoms with E-state index in [4.69, 9.17) is 9.47 Å². The number of hydrogen-bond donors (Lipinski definition) is 3. The van der Waals surface area contributed by atoms with Crippen molar-refractivity contribution in [3.63, 3.8) is 0 Å². The van der Waals surface area contributed by atoms with Crippen molar-refractivity contribution in [1.29, 1.82) is 0 Å². The molecule has 2 aromatic rings. The van der Waals surface area contributed by atoms with Crippen molar-refractivity contribution in [2.75, 3.05) is 40.4 Å². The number of aromatic nitrogens is 2. The minimum absolute atomic E-state index is 0.0404. The molecule has 0 atom stereocenters. The third-order valence-electron chi connectivity index (χ3n) is 6.03. The molecule has 4 rings (SSSR count). The van der Waals surface area contributed by atoms with Crippen molar-refractivity contribution in [2.45, 2.75) is 24.8 Å². The first-order chi connectivity index (χ1) is 14.6. The van der Waals surface area contributed by atoms with Crippen LogP contribution in [0, 0.1) is 0 Å². The number of ether oxygens (including phenoxy) is 2. The third-order valence-corrected chi connectivity index (χ3v) is 6.03. The molecule has 1 fully saturated rings. The molecule has 1 spiro atoms. The second-order valence-corrected chi connectivity index (χ2v) is 7.62. The van der Waals surface area contributed by atoms with Crippen LogP contribution < -0.4 is 20.1 Å². The van der Waals surface area contributed by atoms with E-state index in [0.29, 0.717) is 30.2 Å². The molecule has 9 nitrogen and oxygen atoms in total. The maximum absolute atomic E-state index is 12.6. The Labute approximate surface area is 175 Å². The number of carbonyl (C=O) groups excluding carboxylic acids is 2. The van der Waals surface area contributed by atoms with Gasteiger partial charge in [0.1, 0.15) is 0 Å². The second-order valence-electron chi connectivity index (χ2n) is 7.62. The summed E-state index contributed by atoms with van der Waals surface area (Å²) in [6.45, 7) is 2.13. The van der Waals surface area contributed by atoms with Crippen molar-refractivity contribution < 1.29 is 19.1 Å². The Balaban J connectivity index is 1.32. The van der Waals surface area contributed by atoms with E-state index in [1.807, 2.05) is 4.90 Å². The van der Waals surface area contributed by atoms with E-state index in [1.165, 1.54) is 19.9 Å². The SMILES string of the molecule is COc1ccc(C(=O)NCC(=O)N2CCC3(CC2)NCCc2[nH]cnc23)cc1OC. The van der Waals surface area contributed by atoms with Gasteiger partial charge in [0.05, 0.1) is 38.3 Å². The number of nitrogens with zero attached hydrogens (tertiary/aromatic N) is 2. The highest BCUT2D eigenvalue weighted by molar-refractivity contribution is 5.97. The summed E-state index contributed by atoms with van der Waals surface area (Å²) in [5, 5.41) is 6.32. The minimum atomic E-state index is -0.326. The Morgan fingerprint density at radius 3 is 2.70 bits per heavy atom. The summed E-state index contributed by atoms with van der Waals surface area (Å²) in [7, 11) is 3.05. The quantitative estimate of drug-likeness (QED) is 0.670. The highest BCUT2D eigenvalue weighted by Gasteiger charge is 2.41. The molecule has 0 radical (unpaired) electrons. The van der Waals surface area contributed by atoms with E-state index in [-0.39, 0.29) is 23.9 Å². The number of imidazole rings is 1. The van der Waals surface area contributed by atoms with Crippen LogP contribution in [0.25, 0.3) is 0 Å². The van der Waals surface area contributed by atoms with Gasteiger partial charge >= 0.3 is 0 Å². The Bertz CT molecular complexity index is 933. The summed E-state index contributed by atoms with van der Waals surface area (Å²) >= 11 is 0. The Morgan fingerprint density at radius 1 is 1.20 bits per heavy atom. The lowest BCUT2D eigenvalue weighted by Gasteiger charge is -2.44. The predicted molar refractivity (Wildman–Crippen MR) is 110 cm³/mol. The van der Waals surface area contributed by atoms with Crippen LogP contribution in [0.4, 0.5) is 0 Å². The van der Waals surface area contributed by atoms with Crippen molar-refractivity contribution in [3.05, 3.63) is 41.5 Å². The number of carbonyl (C=O) groups is 2. The Kier molecular flexibility index (Phi) is 5.63. The molecular weight excluding hydrogens is 386 g/mol. The smallest absolute Gasteiger partial charge is 0.251 e. The van der Waals surface area contributed by atoms with Gasteiger partial charge < -0.3 is 30.0 Å². The monoisotopic (exact) mass is 413 g/mol. The molecule has 30 heavy (non-hydrogen) atoms. The Morgan fingerprint density at radius 2 is 1.97 bits per heavy atom. The summed E-state index contributed by atoms with van der Waals surface area (Å²) < 4.78 is 10.4. The fraction of sp³-hybridized carbons (Fsp3) is 0.476. The number of H-pyrrole nitrogens is 1. The molecule has 0 aliphatic carbocycles. The van der Waals surface area contributed by atoms with Gasteiger partial charge in [-0.3, -0.25) is 9.59 Å². The average molecular weight is 413 g/mol. The van der Waals surface area contributed by atoms with Crippen molar-refractivity contribution in [1.82, 2.24) is 25.5 Å². The highest BCUT2D eigenvalue weighted by atomic mass is 16.5. The minimum Gasteiger partial charge on any atom is -0.493 e. The summed E-state index contributed by atoms with van der Waals surface area (Å²) in [6, 6.07) is 4.90. The van der Waals surface area contributed by atoms with E-state index in [9.17, 15) is 9.59 Å². The standard InChI is InChI=1S/C21H27N5O4/c1-29-16-4-3-14(11-17(16)30-2)20(28)22-12-18(27)26-9-6-21(7-10-26)19-15(5-8-25-21)23-13-24-19/h3-4,11,13,25H,5-10,12H2,1-2H3,(H,22,28)(H,23,24). The molecule has 0 unspecified atom stereocenters. The molecule has 1 aromatic heterocycles. The van der Waals surface area contributed by atoms with Gasteiger partial charge in [-0.2, -0.15) is 0 Å². The number of rotatable bonds is 5. The van der Waals surface area contributed by atoms with Gasteiger partial charge in [-0.1, -0.05) is 0 Å². The number of amides is 2. The number of likely N-dealkylation sites (tertiary alicyclic amines) is 1. The van der Waals surface area contributed by atoms with Crippen LogP contribution in [0.3, 0.4) is 0 Å². The molecule has 1 saturated heterocycles. The molecule has 0 saturated carbocycles. The van der Waals surface area contributed by atoms with Gasteiger partial charge in [0.15, 0.2) is 11.5 Å². The fourth-order valence-electron chi connectivity index (χ4n) is 4.33. The van der Waals surface area contributed by atoms with Crippen LogP contribution in [0.1, 0.15) is 34.6 Å². The van der Waals surface area contributed by atoms with Crippen LogP contribution in [0.15, 0.2) is 24.5 Å². The van der Waals surface area contributed by atoms with E-state index in [2.05, 4.69) is 20.6 Å². The number of benzene rings is 1. The average Bonchev–Trinajstić information content (AvgIpc) is 3.28. The van der Waals surface area contributed by atoms with Gasteiger partial charge in [0, 0.05) is 37.3 Å². The Hall–Kier alpha value is -3.07. The molecule has 2 aliphatic heterocycles. The number of fused-ring (bicyclic) bond motifs is 2. The van der Waals surface area contributed by atoms with E-state index in [0.717, 1.165) is 31.5 Å². The zero-order valence-electron chi connectivity index (χ0n) is 17.3. The summed E-state index contributed by atoms with van der Waals surface area (Å²) in [5.41, 5.74) is 2.53. The largest absolute Gasteiger partial charge is 0.493 e. The number of nitrogens with one attached hydrogen (secondary N) is 3. The third kappa shape index (κ3) is 3.72. The first kappa shape index (κ1) is 20.2. The zero-order valence-corrected chi connectivity index (χ0v) is 17.3. The first-order valence-electron chi connectivity index (χ1n) is 10.1. The van der Waals surface area contributed by atoms with Crippen molar-refractivity contribution >= 4 is 11.8 Å². The number of methoxy groups -OCH3 is 2. The van der Waals surface area contributed by atoms with Crippen LogP contribution in [0.2, 0.25) is 0 Å². The van der Waals surface area contributed by atoms with E-state index in [1.54, 1.807) is 24.5 Å². The fourth-order valence-corrected chi connectivity index (χ4v) is 4.33. The topological polar surface area (TPSA) is 109 Å². The van der Waals surface area contributed by atoms with Crippen molar-refractivity contribution in [2.24, 2.45) is 0 Å². The molecule has 3 heterocycles. The molecule has 1 aromatic carbocycles. The molecular formula is C21H27N5O4. The summed E-state index contributed by atoms with van der Waals surface area (Å²) in [5.74, 6) is 0.601. The number of aromatic amines is 1. The van der Waals surface area contributed by atoms with Gasteiger partial charge in [0.25, 0.3) is 5.91 Å². The van der Waals surface area contributed by atoms with E-state index < -0.39 is 0 Å². The number of hydrogen-bond acceptors (Lipinski definition) is 6. The van der Waals surface area contributed by atoms with Crippen LogP contribution in [0.5, 0.6) is 11.5 Å². The first-order valence-corrected chi connectivity index (χ1v) is 10.1. The summed E-state index contributed by atoms with van der Waals surface area (Å²) in [6.07, 6.45) is 4.31. The van der Waals surface area contributed by atoms with Crippen LogP contribution in [-0.2, 0) is 16.8 Å². The molecule has 3 N–H and O–H groups in total. The van der Waals surface area contributed by atoms with Crippen LogP contribution in [-0.4, -0.2) is 67.1 Å². The van der Waals surface area contributed by atoms with E-state index >= 15 is 0 Å². The second kappa shape index (κ2) is 8.35. The van der Waals surface area contributed by atoms with Crippen LogP contribution >= 0.6 is 0 Å². The number of piperidine rings is 1. The molecule has 160 valence electrons. The lowest BCUT2D eigenvalue weighted by atomic mass is 9.80. The van der Waals surface area contributed by atoms with Gasteiger partial charge in [-0.15, -0.1) is 0 Å². The normalized spacial score (nSPS) is 17.3. The zero-order chi connectivity index (χ0) is 21.1. The molecule has 2 amide bonds. The molecule has 2 aliphatic rings. The molecule has 0 bridgehead atoms. The maximum atomic E-state index is 12.6. The lowest BCUT2D eigenvalue weighted by molar-refractivity contribution is -0.132. The highest BCUT2D eigenvalue weighted by Crippen LogP contribution is 2.35. The maximum Gasteiger partial charge on any atom is 0.251 e.